The number of aryl methyl sites for hydroxylation is 1. The van der Waals surface area contributed by atoms with Crippen molar-refractivity contribution in [2.45, 2.75) is 45.3 Å². The number of hydrogen-bond donors (Lipinski definition) is 2. The molecular weight excluding hydrogens is 198 g/mol. The summed E-state index contributed by atoms with van der Waals surface area (Å²) in [5.41, 5.74) is 1.89. The molecule has 88 valence electrons. The molecule has 0 aromatic heterocycles. The van der Waals surface area contributed by atoms with Gasteiger partial charge >= 0.3 is 0 Å². The van der Waals surface area contributed by atoms with Crippen molar-refractivity contribution in [2.24, 2.45) is 5.92 Å². The summed E-state index contributed by atoms with van der Waals surface area (Å²) in [4.78, 5) is 0. The number of anilines is 1. The third kappa shape index (κ3) is 1.94. The number of para-hydroxylation sites is 1. The largest absolute Gasteiger partial charge is 0.388 e. The molecule has 0 spiro atoms. The standard InChI is InChI=1S/C14H21NO/c1-10(2)14(3,16)13-9-8-11-6-4-5-7-12(11)15-13/h4-7,10,13,15-16H,8-9H2,1-3H3. The zero-order chi connectivity index (χ0) is 11.8. The average molecular weight is 219 g/mol. The van der Waals surface area contributed by atoms with E-state index in [2.05, 4.69) is 37.4 Å². The van der Waals surface area contributed by atoms with Crippen molar-refractivity contribution in [3.63, 3.8) is 0 Å². The summed E-state index contributed by atoms with van der Waals surface area (Å²) in [6, 6.07) is 8.52. The second-order valence-corrected chi connectivity index (χ2v) is 5.27. The number of nitrogens with one attached hydrogen (secondary N) is 1. The van der Waals surface area contributed by atoms with Crippen molar-refractivity contribution < 1.29 is 5.11 Å². The van der Waals surface area contributed by atoms with Gasteiger partial charge in [-0.3, -0.25) is 0 Å². The van der Waals surface area contributed by atoms with Crippen LogP contribution in [0, 0.1) is 5.92 Å². The van der Waals surface area contributed by atoms with E-state index in [-0.39, 0.29) is 12.0 Å². The van der Waals surface area contributed by atoms with Crippen molar-refractivity contribution in [3.05, 3.63) is 29.8 Å². The van der Waals surface area contributed by atoms with Crippen LogP contribution in [0.15, 0.2) is 24.3 Å². The van der Waals surface area contributed by atoms with Gasteiger partial charge < -0.3 is 10.4 Å². The highest BCUT2D eigenvalue weighted by Gasteiger charge is 2.36. The molecule has 16 heavy (non-hydrogen) atoms. The molecule has 2 unspecified atom stereocenters. The van der Waals surface area contributed by atoms with Crippen LogP contribution < -0.4 is 5.32 Å². The first-order valence-electron chi connectivity index (χ1n) is 6.08. The van der Waals surface area contributed by atoms with E-state index in [0.717, 1.165) is 12.8 Å². The maximum Gasteiger partial charge on any atom is 0.0842 e. The summed E-state index contributed by atoms with van der Waals surface area (Å²) in [7, 11) is 0. The van der Waals surface area contributed by atoms with E-state index in [9.17, 15) is 5.11 Å². The fourth-order valence-corrected chi connectivity index (χ4v) is 2.28. The van der Waals surface area contributed by atoms with Crippen molar-refractivity contribution in [1.82, 2.24) is 0 Å². The molecule has 2 nitrogen and oxygen atoms in total. The Labute approximate surface area is 97.7 Å². The van der Waals surface area contributed by atoms with Gasteiger partial charge in [-0.25, -0.2) is 0 Å². The normalized spacial score (nSPS) is 23.4. The number of rotatable bonds is 2. The summed E-state index contributed by atoms with van der Waals surface area (Å²) in [5, 5.41) is 13.9. The highest BCUT2D eigenvalue weighted by molar-refractivity contribution is 5.54. The molecule has 0 saturated carbocycles. The molecule has 1 aromatic rings. The van der Waals surface area contributed by atoms with Gasteiger partial charge in [-0.05, 0) is 37.3 Å². The lowest BCUT2D eigenvalue weighted by molar-refractivity contribution is -0.00772. The van der Waals surface area contributed by atoms with E-state index in [1.807, 2.05) is 13.0 Å². The second kappa shape index (κ2) is 4.10. The molecule has 0 aliphatic carbocycles. The van der Waals surface area contributed by atoms with Crippen molar-refractivity contribution in [3.8, 4) is 0 Å². The van der Waals surface area contributed by atoms with Crippen LogP contribution in [0.3, 0.4) is 0 Å². The summed E-state index contributed by atoms with van der Waals surface area (Å²) >= 11 is 0. The summed E-state index contributed by atoms with van der Waals surface area (Å²) in [6.07, 6.45) is 2.05. The monoisotopic (exact) mass is 219 g/mol. The van der Waals surface area contributed by atoms with Crippen LogP contribution in [-0.4, -0.2) is 16.7 Å². The Balaban J connectivity index is 2.20. The van der Waals surface area contributed by atoms with Crippen molar-refractivity contribution in [1.29, 1.82) is 0 Å². The van der Waals surface area contributed by atoms with Gasteiger partial charge in [0, 0.05) is 5.69 Å². The molecule has 0 fully saturated rings. The van der Waals surface area contributed by atoms with Gasteiger partial charge in [0.05, 0.1) is 11.6 Å². The minimum absolute atomic E-state index is 0.155. The van der Waals surface area contributed by atoms with Gasteiger partial charge in [0.15, 0.2) is 0 Å². The zero-order valence-electron chi connectivity index (χ0n) is 10.3. The van der Waals surface area contributed by atoms with Gasteiger partial charge in [-0.15, -0.1) is 0 Å². The Hall–Kier alpha value is -1.02. The highest BCUT2D eigenvalue weighted by Crippen LogP contribution is 2.32. The molecule has 1 heterocycles. The Morgan fingerprint density at radius 1 is 1.38 bits per heavy atom. The van der Waals surface area contributed by atoms with E-state index in [0.29, 0.717) is 0 Å². The topological polar surface area (TPSA) is 32.3 Å². The Morgan fingerprint density at radius 2 is 2.06 bits per heavy atom. The summed E-state index contributed by atoms with van der Waals surface area (Å²) in [5.74, 6) is 0.260. The lowest BCUT2D eigenvalue weighted by Gasteiger charge is -2.40. The molecule has 0 saturated heterocycles. The first kappa shape index (κ1) is 11.5. The van der Waals surface area contributed by atoms with Gasteiger partial charge in [0.2, 0.25) is 0 Å². The molecule has 0 radical (unpaired) electrons. The first-order chi connectivity index (χ1) is 7.51. The number of aliphatic hydroxyl groups is 1. The summed E-state index contributed by atoms with van der Waals surface area (Å²) < 4.78 is 0. The molecule has 0 bridgehead atoms. The van der Waals surface area contributed by atoms with Crippen LogP contribution in [0.4, 0.5) is 5.69 Å². The lowest BCUT2D eigenvalue weighted by Crippen LogP contribution is -2.50. The molecule has 2 rings (SSSR count). The average Bonchev–Trinajstić information content (AvgIpc) is 2.28. The van der Waals surface area contributed by atoms with Crippen molar-refractivity contribution in [2.75, 3.05) is 5.32 Å². The predicted molar refractivity (Wildman–Crippen MR) is 67.6 cm³/mol. The smallest absolute Gasteiger partial charge is 0.0842 e. The number of benzene rings is 1. The molecule has 2 heteroatoms. The molecule has 2 atom stereocenters. The third-order valence-corrected chi connectivity index (χ3v) is 3.92. The first-order valence-corrected chi connectivity index (χ1v) is 6.08. The van der Waals surface area contributed by atoms with E-state index in [1.54, 1.807) is 0 Å². The van der Waals surface area contributed by atoms with Crippen LogP contribution in [0.2, 0.25) is 0 Å². The van der Waals surface area contributed by atoms with E-state index < -0.39 is 5.60 Å². The van der Waals surface area contributed by atoms with Gasteiger partial charge in [0.25, 0.3) is 0 Å². The van der Waals surface area contributed by atoms with E-state index in [1.165, 1.54) is 11.3 Å². The molecule has 1 aromatic carbocycles. The quantitative estimate of drug-likeness (QED) is 0.801. The Morgan fingerprint density at radius 3 is 2.75 bits per heavy atom. The van der Waals surface area contributed by atoms with Crippen LogP contribution in [0.1, 0.15) is 32.8 Å². The van der Waals surface area contributed by atoms with Crippen LogP contribution >= 0.6 is 0 Å². The van der Waals surface area contributed by atoms with Crippen LogP contribution in [-0.2, 0) is 6.42 Å². The molecule has 1 aliphatic rings. The maximum atomic E-state index is 10.5. The van der Waals surface area contributed by atoms with Crippen LogP contribution in [0.5, 0.6) is 0 Å². The highest BCUT2D eigenvalue weighted by atomic mass is 16.3. The SMILES string of the molecule is CC(C)C(C)(O)C1CCc2ccccc2N1. The van der Waals surface area contributed by atoms with Gasteiger partial charge in [-0.2, -0.15) is 0 Å². The number of hydrogen-bond acceptors (Lipinski definition) is 2. The fraction of sp³-hybridized carbons (Fsp3) is 0.571. The molecule has 2 N–H and O–H groups in total. The maximum absolute atomic E-state index is 10.5. The predicted octanol–water partition coefficient (Wildman–Crippen LogP) is 2.82. The van der Waals surface area contributed by atoms with Crippen LogP contribution in [0.25, 0.3) is 0 Å². The summed E-state index contributed by atoms with van der Waals surface area (Å²) in [6.45, 7) is 6.08. The van der Waals surface area contributed by atoms with E-state index in [4.69, 9.17) is 0 Å². The fourth-order valence-electron chi connectivity index (χ4n) is 2.28. The minimum atomic E-state index is -0.645. The van der Waals surface area contributed by atoms with Gasteiger partial charge in [0.1, 0.15) is 0 Å². The lowest BCUT2D eigenvalue weighted by atomic mass is 9.80. The number of fused-ring (bicyclic) bond motifs is 1. The molecular formula is C14H21NO. The van der Waals surface area contributed by atoms with Crippen molar-refractivity contribution >= 4 is 5.69 Å². The molecule has 0 amide bonds. The second-order valence-electron chi connectivity index (χ2n) is 5.27. The Kier molecular flexibility index (Phi) is 2.94. The third-order valence-electron chi connectivity index (χ3n) is 3.92. The Bertz CT molecular complexity index is 371. The van der Waals surface area contributed by atoms with Gasteiger partial charge in [-0.1, -0.05) is 32.0 Å². The minimum Gasteiger partial charge on any atom is -0.388 e. The zero-order valence-corrected chi connectivity index (χ0v) is 10.3. The van der Waals surface area contributed by atoms with E-state index >= 15 is 0 Å². The molecule has 1 aliphatic heterocycles.